The summed E-state index contributed by atoms with van der Waals surface area (Å²) in [7, 11) is 1.54. The molecule has 194 valence electrons. The third-order valence-electron chi connectivity index (χ3n) is 6.99. The minimum atomic E-state index is -4.40. The van der Waals surface area contributed by atoms with Gasteiger partial charge in [0.15, 0.2) is 0 Å². The first-order valence-corrected chi connectivity index (χ1v) is 12.7. The number of nitrogens with zero attached hydrogens (tertiary/aromatic N) is 1. The molecule has 0 radical (unpaired) electrons. The van der Waals surface area contributed by atoms with Crippen molar-refractivity contribution in [2.24, 2.45) is 5.41 Å². The lowest BCUT2D eigenvalue weighted by atomic mass is 9.65. The van der Waals surface area contributed by atoms with Crippen LogP contribution in [0.5, 0.6) is 17.2 Å². The van der Waals surface area contributed by atoms with Gasteiger partial charge in [-0.25, -0.2) is 0 Å². The zero-order chi connectivity index (χ0) is 26.2. The quantitative estimate of drug-likeness (QED) is 0.425. The number of halogens is 3. The van der Waals surface area contributed by atoms with Crippen molar-refractivity contribution in [3.05, 3.63) is 76.0 Å². The Hall–Kier alpha value is -3.53. The Bertz CT molecular complexity index is 1280. The van der Waals surface area contributed by atoms with Crippen LogP contribution < -0.4 is 14.8 Å². The summed E-state index contributed by atoms with van der Waals surface area (Å²) in [5, 5.41) is 4.90. The maximum atomic E-state index is 13.1. The number of thiophene rings is 1. The molecule has 1 aromatic heterocycles. The Kier molecular flexibility index (Phi) is 6.61. The Morgan fingerprint density at radius 1 is 1.03 bits per heavy atom. The molecule has 1 saturated heterocycles. The second-order valence-electron chi connectivity index (χ2n) is 9.52. The fraction of sp³-hybridized carbons (Fsp3) is 0.333. The van der Waals surface area contributed by atoms with E-state index in [-0.39, 0.29) is 29.0 Å². The maximum absolute atomic E-state index is 13.1. The van der Waals surface area contributed by atoms with Crippen molar-refractivity contribution in [3.8, 4) is 17.2 Å². The number of likely N-dealkylation sites (tertiary alicyclic amines) is 1. The third-order valence-corrected chi connectivity index (χ3v) is 7.89. The summed E-state index contributed by atoms with van der Waals surface area (Å²) < 4.78 is 49.0. The van der Waals surface area contributed by atoms with Gasteiger partial charge in [0.05, 0.1) is 12.7 Å². The summed E-state index contributed by atoms with van der Waals surface area (Å²) in [6.45, 7) is 1.30. The number of nitrogens with one attached hydrogen (secondary N) is 1. The van der Waals surface area contributed by atoms with E-state index in [1.807, 2.05) is 10.3 Å². The summed E-state index contributed by atoms with van der Waals surface area (Å²) in [5.41, 5.74) is -0.198. The van der Waals surface area contributed by atoms with Crippen LogP contribution in [0.2, 0.25) is 0 Å². The van der Waals surface area contributed by atoms with Gasteiger partial charge in [0, 0.05) is 24.7 Å². The summed E-state index contributed by atoms with van der Waals surface area (Å²) >= 11 is 1.35. The summed E-state index contributed by atoms with van der Waals surface area (Å²) in [6.07, 6.45) is -1.85. The van der Waals surface area contributed by atoms with E-state index in [1.54, 1.807) is 37.4 Å². The predicted molar refractivity (Wildman–Crippen MR) is 132 cm³/mol. The molecule has 1 aliphatic heterocycles. The van der Waals surface area contributed by atoms with E-state index in [0.29, 0.717) is 35.0 Å². The van der Waals surface area contributed by atoms with Crippen LogP contribution in [0.3, 0.4) is 0 Å². The van der Waals surface area contributed by atoms with E-state index in [2.05, 4.69) is 5.32 Å². The largest absolute Gasteiger partial charge is 0.495 e. The number of benzene rings is 2. The highest BCUT2D eigenvalue weighted by atomic mass is 32.1. The van der Waals surface area contributed by atoms with Crippen molar-refractivity contribution in [2.75, 3.05) is 20.2 Å². The van der Waals surface area contributed by atoms with Crippen molar-refractivity contribution in [1.29, 1.82) is 0 Å². The number of carbonyl (C=O) groups is 2. The third kappa shape index (κ3) is 5.29. The van der Waals surface area contributed by atoms with Crippen LogP contribution in [0.25, 0.3) is 0 Å². The number of rotatable bonds is 6. The summed E-state index contributed by atoms with van der Waals surface area (Å²) in [5.74, 6) is 1.07. The number of methoxy groups -OCH3 is 1. The van der Waals surface area contributed by atoms with E-state index in [4.69, 9.17) is 9.47 Å². The number of hydrogen-bond acceptors (Lipinski definition) is 5. The maximum Gasteiger partial charge on any atom is 0.416 e. The standard InChI is InChI=1S/C27H25F3N2O4S/c1-35-22-10-13-37-23(22)24(33)31-19-14-26(15-19)11-12-32(16-26)25(34)17-2-6-20(7-3-17)36-21-8-4-18(5-9-21)27(28,29)30/h2-10,13,19H,11-12,14-16H2,1H3,(H,31,33). The van der Waals surface area contributed by atoms with Gasteiger partial charge in [-0.05, 0) is 84.7 Å². The van der Waals surface area contributed by atoms with Crippen LogP contribution in [-0.4, -0.2) is 43.0 Å². The molecule has 2 fully saturated rings. The highest BCUT2D eigenvalue weighted by Gasteiger charge is 2.50. The lowest BCUT2D eigenvalue weighted by Crippen LogP contribution is -2.52. The molecule has 2 amide bonds. The van der Waals surface area contributed by atoms with Crippen LogP contribution >= 0.6 is 11.3 Å². The highest BCUT2D eigenvalue weighted by Crippen LogP contribution is 2.48. The number of ether oxygens (including phenoxy) is 2. The zero-order valence-corrected chi connectivity index (χ0v) is 20.8. The molecule has 10 heteroatoms. The van der Waals surface area contributed by atoms with Gasteiger partial charge in [0.25, 0.3) is 11.8 Å². The number of amides is 2. The zero-order valence-electron chi connectivity index (χ0n) is 20.0. The molecular formula is C27H25F3N2O4S. The van der Waals surface area contributed by atoms with Crippen molar-refractivity contribution in [2.45, 2.75) is 31.5 Å². The van der Waals surface area contributed by atoms with Gasteiger partial charge in [-0.1, -0.05) is 0 Å². The van der Waals surface area contributed by atoms with Crippen molar-refractivity contribution < 1.29 is 32.2 Å². The fourth-order valence-corrected chi connectivity index (χ4v) is 5.86. The molecule has 2 aliphatic rings. The normalized spacial score (nSPS) is 21.0. The number of alkyl halides is 3. The topological polar surface area (TPSA) is 67.9 Å². The second-order valence-corrected chi connectivity index (χ2v) is 10.4. The van der Waals surface area contributed by atoms with E-state index in [9.17, 15) is 22.8 Å². The first-order valence-electron chi connectivity index (χ1n) is 11.8. The van der Waals surface area contributed by atoms with Gasteiger partial charge in [-0.3, -0.25) is 9.59 Å². The number of hydrogen-bond donors (Lipinski definition) is 1. The van der Waals surface area contributed by atoms with Crippen LogP contribution in [0.1, 0.15) is 44.9 Å². The van der Waals surface area contributed by atoms with Crippen molar-refractivity contribution in [1.82, 2.24) is 10.2 Å². The Morgan fingerprint density at radius 3 is 2.30 bits per heavy atom. The molecule has 5 rings (SSSR count). The lowest BCUT2D eigenvalue weighted by molar-refractivity contribution is -0.137. The molecule has 6 nitrogen and oxygen atoms in total. The molecule has 2 aromatic carbocycles. The fourth-order valence-electron chi connectivity index (χ4n) is 5.10. The molecule has 0 atom stereocenters. The molecule has 1 aliphatic carbocycles. The van der Waals surface area contributed by atoms with Crippen molar-refractivity contribution in [3.63, 3.8) is 0 Å². The smallest absolute Gasteiger partial charge is 0.416 e. The second kappa shape index (κ2) is 9.74. The van der Waals surface area contributed by atoms with Gasteiger partial charge in [0.1, 0.15) is 22.1 Å². The van der Waals surface area contributed by atoms with Crippen LogP contribution in [0, 0.1) is 5.41 Å². The SMILES string of the molecule is COc1ccsc1C(=O)NC1CC2(CCN(C(=O)c3ccc(Oc4ccc(C(F)(F)F)cc4)cc3)C2)C1. The van der Waals surface area contributed by atoms with E-state index < -0.39 is 11.7 Å². The van der Waals surface area contributed by atoms with Gasteiger partial charge in [-0.15, -0.1) is 11.3 Å². The predicted octanol–water partition coefficient (Wildman–Crippen LogP) is 5.99. The van der Waals surface area contributed by atoms with Crippen molar-refractivity contribution >= 4 is 23.2 Å². The molecule has 1 spiro atoms. The van der Waals surface area contributed by atoms with E-state index >= 15 is 0 Å². The average Bonchev–Trinajstić information content (AvgIpc) is 3.51. The van der Waals surface area contributed by atoms with Crippen LogP contribution in [0.15, 0.2) is 60.0 Å². The highest BCUT2D eigenvalue weighted by molar-refractivity contribution is 7.12. The molecule has 0 bridgehead atoms. The number of carbonyl (C=O) groups excluding carboxylic acids is 2. The van der Waals surface area contributed by atoms with E-state index in [1.165, 1.54) is 23.5 Å². The Morgan fingerprint density at radius 2 is 1.68 bits per heavy atom. The minimum absolute atomic E-state index is 0.0266. The Balaban J connectivity index is 1.13. The lowest BCUT2D eigenvalue weighted by Gasteiger charge is -2.45. The van der Waals surface area contributed by atoms with Crippen LogP contribution in [0.4, 0.5) is 13.2 Å². The van der Waals surface area contributed by atoms with Gasteiger partial charge in [-0.2, -0.15) is 13.2 Å². The molecular weight excluding hydrogens is 505 g/mol. The van der Waals surface area contributed by atoms with Gasteiger partial charge < -0.3 is 19.7 Å². The molecule has 1 N–H and O–H groups in total. The molecule has 0 unspecified atom stereocenters. The van der Waals surface area contributed by atoms with Crippen LogP contribution in [-0.2, 0) is 6.18 Å². The molecule has 37 heavy (non-hydrogen) atoms. The average molecular weight is 531 g/mol. The minimum Gasteiger partial charge on any atom is -0.495 e. The molecule has 2 heterocycles. The summed E-state index contributed by atoms with van der Waals surface area (Å²) in [4.78, 5) is 28.0. The summed E-state index contributed by atoms with van der Waals surface area (Å²) in [6, 6.07) is 12.9. The molecule has 3 aromatic rings. The first kappa shape index (κ1) is 25.1. The monoisotopic (exact) mass is 530 g/mol. The molecule has 1 saturated carbocycles. The van der Waals surface area contributed by atoms with Gasteiger partial charge in [0.2, 0.25) is 0 Å². The first-order chi connectivity index (χ1) is 17.7. The van der Waals surface area contributed by atoms with E-state index in [0.717, 1.165) is 31.4 Å². The Labute approximate surface area is 216 Å². The van der Waals surface area contributed by atoms with Gasteiger partial charge >= 0.3 is 6.18 Å².